The summed E-state index contributed by atoms with van der Waals surface area (Å²) in [7, 11) is 0. The third-order valence-electron chi connectivity index (χ3n) is 3.59. The highest BCUT2D eigenvalue weighted by molar-refractivity contribution is 5.90. The smallest absolute Gasteiger partial charge is 0.388 e. The van der Waals surface area contributed by atoms with Crippen molar-refractivity contribution in [3.05, 3.63) is 29.8 Å². The molecule has 1 fully saturated rings. The molecule has 21 heavy (non-hydrogen) atoms. The summed E-state index contributed by atoms with van der Waals surface area (Å²) in [6.45, 7) is 0.0347. The first-order chi connectivity index (χ1) is 9.80. The van der Waals surface area contributed by atoms with Crippen molar-refractivity contribution in [3.63, 3.8) is 0 Å². The van der Waals surface area contributed by atoms with Crippen LogP contribution in [-0.4, -0.2) is 23.3 Å². The van der Waals surface area contributed by atoms with Gasteiger partial charge in [-0.15, -0.1) is 0 Å². The lowest BCUT2D eigenvalue weighted by atomic mass is 10.0. The zero-order chi connectivity index (χ0) is 15.5. The summed E-state index contributed by atoms with van der Waals surface area (Å²) in [6, 6.07) is 4.00. The van der Waals surface area contributed by atoms with Crippen LogP contribution >= 0.6 is 0 Å². The molecule has 0 atom stereocenters. The van der Waals surface area contributed by atoms with E-state index in [2.05, 4.69) is 10.6 Å². The van der Waals surface area contributed by atoms with Crippen LogP contribution in [0.4, 0.5) is 23.7 Å². The highest BCUT2D eigenvalue weighted by atomic mass is 19.4. The Morgan fingerprint density at radius 3 is 2.48 bits per heavy atom. The Morgan fingerprint density at radius 1 is 1.24 bits per heavy atom. The number of hydrogen-bond donors (Lipinski definition) is 3. The van der Waals surface area contributed by atoms with Crippen molar-refractivity contribution >= 4 is 11.7 Å². The number of anilines is 1. The SMILES string of the molecule is O=C(NCC1(O)CCCC1)Nc1ccccc1C(F)(F)F. The van der Waals surface area contributed by atoms with E-state index < -0.39 is 23.4 Å². The molecule has 0 radical (unpaired) electrons. The molecule has 0 saturated heterocycles. The van der Waals surface area contributed by atoms with Gasteiger partial charge in [0.25, 0.3) is 0 Å². The van der Waals surface area contributed by atoms with Gasteiger partial charge in [0, 0.05) is 6.54 Å². The number of halogens is 3. The van der Waals surface area contributed by atoms with E-state index >= 15 is 0 Å². The fourth-order valence-corrected chi connectivity index (χ4v) is 2.46. The van der Waals surface area contributed by atoms with E-state index in [1.807, 2.05) is 0 Å². The van der Waals surface area contributed by atoms with Crippen molar-refractivity contribution < 1.29 is 23.1 Å². The summed E-state index contributed by atoms with van der Waals surface area (Å²) < 4.78 is 38.3. The number of urea groups is 1. The Hall–Kier alpha value is -1.76. The van der Waals surface area contributed by atoms with Crippen molar-refractivity contribution in [1.82, 2.24) is 5.32 Å². The largest absolute Gasteiger partial charge is 0.418 e. The average Bonchev–Trinajstić information content (AvgIpc) is 2.83. The van der Waals surface area contributed by atoms with Gasteiger partial charge in [-0.2, -0.15) is 13.2 Å². The van der Waals surface area contributed by atoms with Gasteiger partial charge in [0.1, 0.15) is 0 Å². The van der Waals surface area contributed by atoms with Crippen molar-refractivity contribution in [3.8, 4) is 0 Å². The molecule has 0 heterocycles. The van der Waals surface area contributed by atoms with Crippen LogP contribution in [0.25, 0.3) is 0 Å². The molecule has 0 bridgehead atoms. The van der Waals surface area contributed by atoms with Crippen molar-refractivity contribution in [2.24, 2.45) is 0 Å². The highest BCUT2D eigenvalue weighted by Gasteiger charge is 2.34. The van der Waals surface area contributed by atoms with Gasteiger partial charge in [-0.1, -0.05) is 25.0 Å². The van der Waals surface area contributed by atoms with Crippen LogP contribution in [0, 0.1) is 0 Å². The second kappa shape index (κ2) is 5.93. The lowest BCUT2D eigenvalue weighted by molar-refractivity contribution is -0.136. The van der Waals surface area contributed by atoms with Crippen molar-refractivity contribution in [2.75, 3.05) is 11.9 Å². The van der Waals surface area contributed by atoms with Gasteiger partial charge < -0.3 is 15.7 Å². The van der Waals surface area contributed by atoms with Crippen LogP contribution in [0.5, 0.6) is 0 Å². The Labute approximate surface area is 120 Å². The number of rotatable bonds is 3. The topological polar surface area (TPSA) is 61.4 Å². The standard InChI is InChI=1S/C14H17F3N2O2/c15-14(16,17)10-5-1-2-6-11(10)19-12(20)18-9-13(21)7-3-4-8-13/h1-2,5-6,21H,3-4,7-9H2,(H2,18,19,20). The molecule has 0 unspecified atom stereocenters. The maximum Gasteiger partial charge on any atom is 0.418 e. The summed E-state index contributed by atoms with van der Waals surface area (Å²) in [6.07, 6.45) is -1.58. The number of hydrogen-bond acceptors (Lipinski definition) is 2. The first-order valence-corrected chi connectivity index (χ1v) is 6.74. The van der Waals surface area contributed by atoms with E-state index in [0.717, 1.165) is 18.9 Å². The number of carbonyl (C=O) groups is 1. The second-order valence-electron chi connectivity index (χ2n) is 5.28. The molecule has 1 aliphatic rings. The van der Waals surface area contributed by atoms with E-state index in [0.29, 0.717) is 12.8 Å². The van der Waals surface area contributed by atoms with Crippen LogP contribution in [-0.2, 0) is 6.18 Å². The number of nitrogens with one attached hydrogen (secondary N) is 2. The number of amides is 2. The third-order valence-corrected chi connectivity index (χ3v) is 3.59. The molecule has 7 heteroatoms. The van der Waals surface area contributed by atoms with E-state index in [-0.39, 0.29) is 12.2 Å². The fraction of sp³-hybridized carbons (Fsp3) is 0.500. The Kier molecular flexibility index (Phi) is 4.41. The zero-order valence-corrected chi connectivity index (χ0v) is 11.3. The molecule has 1 aromatic carbocycles. The summed E-state index contributed by atoms with van der Waals surface area (Å²) >= 11 is 0. The van der Waals surface area contributed by atoms with Gasteiger partial charge in [0.15, 0.2) is 0 Å². The van der Waals surface area contributed by atoms with Crippen molar-refractivity contribution in [2.45, 2.75) is 37.5 Å². The Morgan fingerprint density at radius 2 is 1.86 bits per heavy atom. The molecular weight excluding hydrogens is 285 g/mol. The molecule has 1 aromatic rings. The van der Waals surface area contributed by atoms with Crippen LogP contribution in [0.3, 0.4) is 0 Å². The van der Waals surface area contributed by atoms with E-state index in [9.17, 15) is 23.1 Å². The molecule has 116 valence electrons. The molecule has 0 aromatic heterocycles. The molecule has 2 amide bonds. The second-order valence-corrected chi connectivity index (χ2v) is 5.28. The van der Waals surface area contributed by atoms with Gasteiger partial charge >= 0.3 is 12.2 Å². The van der Waals surface area contributed by atoms with Gasteiger partial charge in [0.2, 0.25) is 0 Å². The maximum absolute atomic E-state index is 12.8. The molecule has 0 spiro atoms. The predicted octanol–water partition coefficient (Wildman–Crippen LogP) is 3.13. The number of carbonyl (C=O) groups excluding carboxylic acids is 1. The van der Waals surface area contributed by atoms with Gasteiger partial charge in [0.05, 0.1) is 16.9 Å². The van der Waals surface area contributed by atoms with Crippen LogP contribution in [0.2, 0.25) is 0 Å². The minimum Gasteiger partial charge on any atom is -0.388 e. The minimum atomic E-state index is -4.53. The molecular formula is C14H17F3N2O2. The van der Waals surface area contributed by atoms with Gasteiger partial charge in [-0.3, -0.25) is 0 Å². The third kappa shape index (κ3) is 4.10. The summed E-state index contributed by atoms with van der Waals surface area (Å²) in [5.74, 6) is 0. The van der Waals surface area contributed by atoms with Gasteiger partial charge in [-0.25, -0.2) is 4.79 Å². The van der Waals surface area contributed by atoms with Crippen LogP contribution < -0.4 is 10.6 Å². The van der Waals surface area contributed by atoms with Crippen LogP contribution in [0.15, 0.2) is 24.3 Å². The van der Waals surface area contributed by atoms with Crippen LogP contribution in [0.1, 0.15) is 31.2 Å². The summed E-state index contributed by atoms with van der Waals surface area (Å²) in [4.78, 5) is 11.7. The highest BCUT2D eigenvalue weighted by Crippen LogP contribution is 2.34. The quantitative estimate of drug-likeness (QED) is 0.803. The monoisotopic (exact) mass is 302 g/mol. The van der Waals surface area contributed by atoms with E-state index in [4.69, 9.17) is 0 Å². The molecule has 2 rings (SSSR count). The normalized spacial score (nSPS) is 17.5. The fourth-order valence-electron chi connectivity index (χ4n) is 2.46. The zero-order valence-electron chi connectivity index (χ0n) is 11.3. The lowest BCUT2D eigenvalue weighted by Crippen LogP contribution is -2.42. The average molecular weight is 302 g/mol. The molecule has 1 saturated carbocycles. The summed E-state index contributed by atoms with van der Waals surface area (Å²) in [5, 5.41) is 14.7. The first-order valence-electron chi connectivity index (χ1n) is 6.74. The van der Waals surface area contributed by atoms with Crippen molar-refractivity contribution in [1.29, 1.82) is 0 Å². The minimum absolute atomic E-state index is 0.0347. The number of aliphatic hydroxyl groups is 1. The number of benzene rings is 1. The number of alkyl halides is 3. The molecule has 3 N–H and O–H groups in total. The van der Waals surface area contributed by atoms with E-state index in [1.165, 1.54) is 18.2 Å². The lowest BCUT2D eigenvalue weighted by Gasteiger charge is -2.22. The first kappa shape index (κ1) is 15.6. The van der Waals surface area contributed by atoms with Gasteiger partial charge in [-0.05, 0) is 25.0 Å². The molecule has 0 aliphatic heterocycles. The Balaban J connectivity index is 1.97. The Bertz CT molecular complexity index is 511. The molecule has 1 aliphatic carbocycles. The van der Waals surface area contributed by atoms with E-state index in [1.54, 1.807) is 0 Å². The number of para-hydroxylation sites is 1. The maximum atomic E-state index is 12.8. The summed E-state index contributed by atoms with van der Waals surface area (Å²) in [5.41, 5.74) is -2.15. The predicted molar refractivity (Wildman–Crippen MR) is 71.9 cm³/mol. The molecule has 4 nitrogen and oxygen atoms in total.